The van der Waals surface area contributed by atoms with Gasteiger partial charge in [-0.2, -0.15) is 0 Å². The first kappa shape index (κ1) is 25.7. The Labute approximate surface area is 235 Å². The molecule has 0 bridgehead atoms. The van der Waals surface area contributed by atoms with Crippen molar-refractivity contribution in [2.75, 3.05) is 6.54 Å². The number of rotatable bonds is 7. The maximum absolute atomic E-state index is 12.3. The zero-order valence-corrected chi connectivity index (χ0v) is 22.2. The van der Waals surface area contributed by atoms with E-state index in [0.717, 1.165) is 50.3 Å². The first-order valence-corrected chi connectivity index (χ1v) is 13.1. The molecule has 9 nitrogen and oxygen atoms in total. The summed E-state index contributed by atoms with van der Waals surface area (Å²) in [5.74, 6) is -0.174. The van der Waals surface area contributed by atoms with E-state index in [1.807, 2.05) is 66.1 Å². The molecule has 202 valence electrons. The van der Waals surface area contributed by atoms with Crippen molar-refractivity contribution in [1.82, 2.24) is 30.2 Å². The van der Waals surface area contributed by atoms with Crippen molar-refractivity contribution >= 4 is 28.4 Å². The van der Waals surface area contributed by atoms with Crippen molar-refractivity contribution in [2.45, 2.75) is 13.5 Å². The Hall–Kier alpha value is -5.57. The van der Waals surface area contributed by atoms with E-state index in [-0.39, 0.29) is 23.8 Å². The fourth-order valence-corrected chi connectivity index (χ4v) is 4.73. The molecule has 3 aromatic carbocycles. The van der Waals surface area contributed by atoms with Gasteiger partial charge in [0.15, 0.2) is 5.65 Å². The van der Waals surface area contributed by atoms with Crippen LogP contribution >= 0.6 is 0 Å². The molecule has 0 radical (unpaired) electrons. The third kappa shape index (κ3) is 5.20. The second-order valence-corrected chi connectivity index (χ2v) is 9.61. The van der Waals surface area contributed by atoms with Crippen LogP contribution in [0.1, 0.15) is 21.7 Å². The monoisotopic (exact) mass is 542 g/mol. The second-order valence-electron chi connectivity index (χ2n) is 9.61. The van der Waals surface area contributed by atoms with Crippen LogP contribution in [-0.4, -0.2) is 43.0 Å². The van der Waals surface area contributed by atoms with Crippen LogP contribution in [0.2, 0.25) is 0 Å². The highest BCUT2D eigenvalue weighted by Crippen LogP contribution is 2.34. The minimum atomic E-state index is -0.514. The van der Waals surface area contributed by atoms with Gasteiger partial charge in [0.05, 0.1) is 23.3 Å². The minimum Gasteiger partial charge on any atom is -0.507 e. The first-order chi connectivity index (χ1) is 20.0. The molecule has 0 aliphatic rings. The molecule has 3 heterocycles. The molecule has 0 fully saturated rings. The number of benzene rings is 3. The van der Waals surface area contributed by atoms with Gasteiger partial charge in [0.25, 0.3) is 5.91 Å². The number of carbonyl (C=O) groups excluding carboxylic acids is 2. The SMILES string of the molecule is Cc1nnc2c3cc(-c4ccccc4)c(-c4ccc(CNC(=O)CNC(=O)c5ccccc5O)cc4)nc3ccn12. The molecule has 0 unspecified atom stereocenters. The fourth-order valence-electron chi connectivity index (χ4n) is 4.73. The number of nitrogens with one attached hydrogen (secondary N) is 2. The standard InChI is InChI=1S/C32H26N6O3/c1-20-36-37-31-26-17-25(22-7-3-2-4-8-22)30(35-27(26)15-16-38(20)31)23-13-11-21(12-14-23)18-33-29(40)19-34-32(41)24-9-5-6-10-28(24)39/h2-17,39H,18-19H2,1H3,(H,33,40)(H,34,41). The zero-order chi connectivity index (χ0) is 28.3. The van der Waals surface area contributed by atoms with E-state index in [2.05, 4.69) is 39.0 Å². The lowest BCUT2D eigenvalue weighted by Gasteiger charge is -2.13. The number of amides is 2. The van der Waals surface area contributed by atoms with Gasteiger partial charge in [-0.25, -0.2) is 4.98 Å². The van der Waals surface area contributed by atoms with Gasteiger partial charge >= 0.3 is 0 Å². The van der Waals surface area contributed by atoms with E-state index in [1.54, 1.807) is 12.1 Å². The van der Waals surface area contributed by atoms with Crippen LogP contribution in [0, 0.1) is 6.92 Å². The Morgan fingerprint density at radius 3 is 2.39 bits per heavy atom. The number of aromatic hydroxyl groups is 1. The highest BCUT2D eigenvalue weighted by atomic mass is 16.3. The summed E-state index contributed by atoms with van der Waals surface area (Å²) >= 11 is 0. The molecule has 6 rings (SSSR count). The summed E-state index contributed by atoms with van der Waals surface area (Å²) in [6, 6.07) is 28.2. The van der Waals surface area contributed by atoms with E-state index >= 15 is 0 Å². The van der Waals surface area contributed by atoms with Crippen LogP contribution in [0.3, 0.4) is 0 Å². The van der Waals surface area contributed by atoms with Gasteiger partial charge in [0.2, 0.25) is 5.91 Å². The summed E-state index contributed by atoms with van der Waals surface area (Å²) in [4.78, 5) is 29.6. The summed E-state index contributed by atoms with van der Waals surface area (Å²) in [5.41, 5.74) is 6.40. The molecule has 0 aliphatic heterocycles. The summed E-state index contributed by atoms with van der Waals surface area (Å²) < 4.78 is 1.96. The predicted molar refractivity (Wildman–Crippen MR) is 156 cm³/mol. The number of aryl methyl sites for hydroxylation is 1. The summed E-state index contributed by atoms with van der Waals surface area (Å²) in [6.07, 6.45) is 1.93. The number of phenolic OH excluding ortho intramolecular Hbond substituents is 1. The first-order valence-electron chi connectivity index (χ1n) is 13.1. The summed E-state index contributed by atoms with van der Waals surface area (Å²) in [5, 5.41) is 24.7. The van der Waals surface area contributed by atoms with Crippen LogP contribution in [0.5, 0.6) is 5.75 Å². The normalized spacial score (nSPS) is 11.0. The second kappa shape index (κ2) is 10.9. The lowest BCUT2D eigenvalue weighted by Crippen LogP contribution is -2.36. The van der Waals surface area contributed by atoms with Gasteiger partial charge in [-0.1, -0.05) is 66.7 Å². The fraction of sp³-hybridized carbons (Fsp3) is 0.0938. The predicted octanol–water partition coefficient (Wildman–Crippen LogP) is 4.67. The summed E-state index contributed by atoms with van der Waals surface area (Å²) in [6.45, 7) is 2.01. The smallest absolute Gasteiger partial charge is 0.255 e. The van der Waals surface area contributed by atoms with E-state index in [1.165, 1.54) is 12.1 Å². The molecule has 2 amide bonds. The highest BCUT2D eigenvalue weighted by Gasteiger charge is 2.15. The maximum Gasteiger partial charge on any atom is 0.255 e. The van der Waals surface area contributed by atoms with E-state index in [4.69, 9.17) is 4.98 Å². The molecule has 0 saturated heterocycles. The van der Waals surface area contributed by atoms with Gasteiger partial charge in [0, 0.05) is 29.3 Å². The molecule has 0 saturated carbocycles. The molecule has 3 aromatic heterocycles. The van der Waals surface area contributed by atoms with Gasteiger partial charge in [-0.15, -0.1) is 10.2 Å². The Kier molecular flexibility index (Phi) is 6.83. The number of hydrogen-bond acceptors (Lipinski definition) is 6. The highest BCUT2D eigenvalue weighted by molar-refractivity contribution is 5.99. The van der Waals surface area contributed by atoms with Crippen LogP contribution < -0.4 is 10.6 Å². The van der Waals surface area contributed by atoms with Crippen LogP contribution in [0.15, 0.2) is 97.2 Å². The number of fused-ring (bicyclic) bond motifs is 3. The Balaban J connectivity index is 1.21. The lowest BCUT2D eigenvalue weighted by atomic mass is 9.97. The van der Waals surface area contributed by atoms with Crippen molar-refractivity contribution in [1.29, 1.82) is 0 Å². The lowest BCUT2D eigenvalue weighted by molar-refractivity contribution is -0.120. The number of carbonyl (C=O) groups is 2. The number of pyridine rings is 2. The van der Waals surface area contributed by atoms with E-state index in [0.29, 0.717) is 6.54 Å². The zero-order valence-electron chi connectivity index (χ0n) is 22.2. The molecule has 6 aromatic rings. The topological polar surface area (TPSA) is 122 Å². The quantitative estimate of drug-likeness (QED) is 0.270. The molecule has 0 spiro atoms. The van der Waals surface area contributed by atoms with Crippen LogP contribution in [0.25, 0.3) is 38.9 Å². The van der Waals surface area contributed by atoms with Crippen molar-refractivity contribution in [3.05, 3.63) is 114 Å². The third-order valence-electron chi connectivity index (χ3n) is 6.90. The molecule has 0 atom stereocenters. The summed E-state index contributed by atoms with van der Waals surface area (Å²) in [7, 11) is 0. The van der Waals surface area contributed by atoms with E-state index in [9.17, 15) is 14.7 Å². The van der Waals surface area contributed by atoms with Gasteiger partial charge in [0.1, 0.15) is 11.6 Å². The maximum atomic E-state index is 12.3. The van der Waals surface area contributed by atoms with Gasteiger partial charge < -0.3 is 15.7 Å². The molecule has 3 N–H and O–H groups in total. The molecular weight excluding hydrogens is 516 g/mol. The largest absolute Gasteiger partial charge is 0.507 e. The number of para-hydroxylation sites is 1. The average Bonchev–Trinajstić information content (AvgIpc) is 3.40. The Bertz CT molecular complexity index is 1900. The molecule has 9 heteroatoms. The Morgan fingerprint density at radius 1 is 0.854 bits per heavy atom. The van der Waals surface area contributed by atoms with Crippen LogP contribution in [-0.2, 0) is 11.3 Å². The number of nitrogens with zero attached hydrogens (tertiary/aromatic N) is 4. The minimum absolute atomic E-state index is 0.119. The van der Waals surface area contributed by atoms with Gasteiger partial charge in [-0.3, -0.25) is 14.0 Å². The number of phenols is 1. The van der Waals surface area contributed by atoms with Crippen molar-refractivity contribution in [2.24, 2.45) is 0 Å². The van der Waals surface area contributed by atoms with Crippen LogP contribution in [0.4, 0.5) is 0 Å². The Morgan fingerprint density at radius 2 is 1.61 bits per heavy atom. The van der Waals surface area contributed by atoms with Crippen molar-refractivity contribution < 1.29 is 14.7 Å². The average molecular weight is 543 g/mol. The van der Waals surface area contributed by atoms with Crippen molar-refractivity contribution in [3.63, 3.8) is 0 Å². The van der Waals surface area contributed by atoms with Crippen molar-refractivity contribution in [3.8, 4) is 28.1 Å². The molecule has 0 aliphatic carbocycles. The number of aromatic nitrogens is 4. The molecular formula is C32H26N6O3. The van der Waals surface area contributed by atoms with E-state index < -0.39 is 5.91 Å². The molecule has 41 heavy (non-hydrogen) atoms. The number of hydrogen-bond donors (Lipinski definition) is 3. The van der Waals surface area contributed by atoms with Gasteiger partial charge in [-0.05, 0) is 42.3 Å². The third-order valence-corrected chi connectivity index (χ3v) is 6.90.